The maximum Gasteiger partial charge on any atom is 0.338 e. The van der Waals surface area contributed by atoms with E-state index < -0.39 is 18.0 Å². The van der Waals surface area contributed by atoms with Gasteiger partial charge in [0.2, 0.25) is 0 Å². The van der Waals surface area contributed by atoms with Crippen LogP contribution in [0.3, 0.4) is 0 Å². The van der Waals surface area contributed by atoms with Gasteiger partial charge in [0.1, 0.15) is 5.75 Å². The quantitative estimate of drug-likeness (QED) is 0.421. The van der Waals surface area contributed by atoms with Crippen LogP contribution in [0, 0.1) is 0 Å². The zero-order valence-electron chi connectivity index (χ0n) is 18.0. The number of allylic oxidation sites excluding steroid dienone is 1. The van der Waals surface area contributed by atoms with Gasteiger partial charge in [-0.25, -0.2) is 9.79 Å². The molecule has 0 saturated carbocycles. The third-order valence-corrected chi connectivity index (χ3v) is 6.27. The summed E-state index contributed by atoms with van der Waals surface area (Å²) >= 11 is 7.26. The number of thiazole rings is 1. The van der Waals surface area contributed by atoms with Crippen LogP contribution >= 0.6 is 22.9 Å². The molecule has 1 aromatic heterocycles. The van der Waals surface area contributed by atoms with Crippen molar-refractivity contribution in [1.82, 2.24) is 4.57 Å². The molecule has 0 bridgehead atoms. The number of esters is 2. The first-order valence-electron chi connectivity index (χ1n) is 9.93. The Hall–Kier alpha value is -3.49. The summed E-state index contributed by atoms with van der Waals surface area (Å²) in [7, 11) is 1.29. The summed E-state index contributed by atoms with van der Waals surface area (Å²) in [6.45, 7) is 3.04. The number of rotatable bonds is 4. The van der Waals surface area contributed by atoms with E-state index in [1.165, 1.54) is 29.9 Å². The zero-order valence-corrected chi connectivity index (χ0v) is 19.6. The molecule has 1 aliphatic rings. The number of nitrogens with zero attached hydrogens (tertiary/aromatic N) is 2. The third kappa shape index (κ3) is 4.53. The van der Waals surface area contributed by atoms with E-state index in [1.54, 1.807) is 61.5 Å². The minimum Gasteiger partial charge on any atom is -0.466 e. The lowest BCUT2D eigenvalue weighted by Gasteiger charge is -2.24. The van der Waals surface area contributed by atoms with Gasteiger partial charge >= 0.3 is 11.9 Å². The molecule has 0 fully saturated rings. The van der Waals surface area contributed by atoms with Gasteiger partial charge in [-0.05, 0) is 48.4 Å². The molecule has 1 atom stereocenters. The van der Waals surface area contributed by atoms with Crippen molar-refractivity contribution < 1.29 is 19.1 Å². The topological polar surface area (TPSA) is 87.0 Å². The van der Waals surface area contributed by atoms with Crippen LogP contribution in [0.4, 0.5) is 0 Å². The number of benzene rings is 2. The fourth-order valence-electron chi connectivity index (χ4n) is 3.64. The van der Waals surface area contributed by atoms with E-state index in [2.05, 4.69) is 4.99 Å². The number of hydrogen-bond donors (Lipinski definition) is 0. The van der Waals surface area contributed by atoms with E-state index >= 15 is 0 Å². The second-order valence-electron chi connectivity index (χ2n) is 7.29. The number of hydrogen-bond acceptors (Lipinski definition) is 7. The Labute approximate surface area is 197 Å². The maximum atomic E-state index is 13.5. The van der Waals surface area contributed by atoms with Gasteiger partial charge < -0.3 is 9.47 Å². The van der Waals surface area contributed by atoms with Crippen molar-refractivity contribution in [1.29, 1.82) is 0 Å². The van der Waals surface area contributed by atoms with Gasteiger partial charge in [-0.15, -0.1) is 0 Å². The van der Waals surface area contributed by atoms with Crippen LogP contribution in [0.5, 0.6) is 5.75 Å². The van der Waals surface area contributed by atoms with Crippen LogP contribution in [0.15, 0.2) is 69.6 Å². The average Bonchev–Trinajstić information content (AvgIpc) is 3.07. The molecule has 3 aromatic rings. The predicted octanol–water partition coefficient (Wildman–Crippen LogP) is 2.99. The Kier molecular flexibility index (Phi) is 6.31. The molecule has 0 spiro atoms. The van der Waals surface area contributed by atoms with Gasteiger partial charge in [-0.1, -0.05) is 47.2 Å². The van der Waals surface area contributed by atoms with Crippen molar-refractivity contribution in [2.75, 3.05) is 7.11 Å². The normalized spacial score (nSPS) is 15.6. The van der Waals surface area contributed by atoms with Crippen LogP contribution in [0.2, 0.25) is 5.02 Å². The van der Waals surface area contributed by atoms with Crippen molar-refractivity contribution in [2.45, 2.75) is 19.9 Å². The molecule has 1 unspecified atom stereocenters. The van der Waals surface area contributed by atoms with Crippen molar-refractivity contribution in [3.63, 3.8) is 0 Å². The largest absolute Gasteiger partial charge is 0.466 e. The third-order valence-electron chi connectivity index (χ3n) is 5.03. The van der Waals surface area contributed by atoms with Crippen LogP contribution in [-0.4, -0.2) is 23.6 Å². The highest BCUT2D eigenvalue weighted by molar-refractivity contribution is 7.07. The SMILES string of the molecule is COC(=O)C1=C(C)N=c2s/c(=C\c3cccc(OC(C)=O)c3)c(=O)n2C1c1ccc(Cl)cc1. The fourth-order valence-corrected chi connectivity index (χ4v) is 4.81. The summed E-state index contributed by atoms with van der Waals surface area (Å²) in [6.07, 6.45) is 1.70. The van der Waals surface area contributed by atoms with Crippen LogP contribution in [0.1, 0.15) is 31.0 Å². The zero-order chi connectivity index (χ0) is 23.7. The molecule has 2 heterocycles. The average molecular weight is 483 g/mol. The first-order valence-corrected chi connectivity index (χ1v) is 11.1. The second kappa shape index (κ2) is 9.17. The van der Waals surface area contributed by atoms with Gasteiger partial charge in [-0.3, -0.25) is 14.2 Å². The van der Waals surface area contributed by atoms with Gasteiger partial charge in [-0.2, -0.15) is 0 Å². The van der Waals surface area contributed by atoms with E-state index in [-0.39, 0.29) is 11.1 Å². The first kappa shape index (κ1) is 22.7. The molecule has 168 valence electrons. The van der Waals surface area contributed by atoms with Crippen molar-refractivity contribution >= 4 is 41.0 Å². The molecule has 2 aromatic carbocycles. The number of aromatic nitrogens is 1. The molecule has 9 heteroatoms. The highest BCUT2D eigenvalue weighted by Gasteiger charge is 2.33. The van der Waals surface area contributed by atoms with E-state index in [9.17, 15) is 14.4 Å². The standard InChI is InChI=1S/C24H19ClN2O5S/c1-13-20(23(30)31-3)21(16-7-9-17(25)10-8-16)27-22(29)19(33-24(27)26-13)12-15-5-4-6-18(11-15)32-14(2)28/h4-12,21H,1-3H3/b19-12-. The van der Waals surface area contributed by atoms with Crippen LogP contribution < -0.4 is 19.6 Å². The lowest BCUT2D eigenvalue weighted by Crippen LogP contribution is -2.39. The summed E-state index contributed by atoms with van der Waals surface area (Å²) in [4.78, 5) is 42.4. The van der Waals surface area contributed by atoms with E-state index in [4.69, 9.17) is 21.1 Å². The van der Waals surface area contributed by atoms with Crippen molar-refractivity contribution in [3.05, 3.63) is 95.6 Å². The van der Waals surface area contributed by atoms with Crippen molar-refractivity contribution in [2.24, 2.45) is 4.99 Å². The van der Waals surface area contributed by atoms with Crippen LogP contribution in [-0.2, 0) is 14.3 Å². The number of halogens is 1. The lowest BCUT2D eigenvalue weighted by atomic mass is 9.96. The second-order valence-corrected chi connectivity index (χ2v) is 8.74. The summed E-state index contributed by atoms with van der Waals surface area (Å²) < 4.78 is 12.0. The van der Waals surface area contributed by atoms with Crippen molar-refractivity contribution in [3.8, 4) is 5.75 Å². The minimum absolute atomic E-state index is 0.288. The highest BCUT2D eigenvalue weighted by atomic mass is 35.5. The maximum absolute atomic E-state index is 13.5. The lowest BCUT2D eigenvalue weighted by molar-refractivity contribution is -0.136. The molecule has 0 aliphatic carbocycles. The predicted molar refractivity (Wildman–Crippen MR) is 125 cm³/mol. The molecule has 4 rings (SSSR count). The molecule has 0 N–H and O–H groups in total. The summed E-state index contributed by atoms with van der Waals surface area (Å²) in [5.74, 6) is -0.605. The monoisotopic (exact) mass is 482 g/mol. The highest BCUT2D eigenvalue weighted by Crippen LogP contribution is 2.31. The molecule has 0 radical (unpaired) electrons. The minimum atomic E-state index is -0.708. The van der Waals surface area contributed by atoms with Gasteiger partial charge in [0.05, 0.1) is 29.0 Å². The van der Waals surface area contributed by atoms with E-state index in [0.29, 0.717) is 36.9 Å². The summed E-state index contributed by atoms with van der Waals surface area (Å²) in [6, 6.07) is 13.1. The molecular weight excluding hydrogens is 464 g/mol. The number of carbonyl (C=O) groups is 2. The Morgan fingerprint density at radius 2 is 1.91 bits per heavy atom. The summed E-state index contributed by atoms with van der Waals surface area (Å²) in [5, 5.41) is 0.541. The van der Waals surface area contributed by atoms with E-state index in [1.807, 2.05) is 0 Å². The molecule has 0 amide bonds. The van der Waals surface area contributed by atoms with E-state index in [0.717, 1.165) is 0 Å². The Morgan fingerprint density at radius 3 is 2.58 bits per heavy atom. The van der Waals surface area contributed by atoms with Crippen LogP contribution in [0.25, 0.3) is 6.08 Å². The summed E-state index contributed by atoms with van der Waals surface area (Å²) in [5.41, 5.74) is 1.86. The first-order chi connectivity index (χ1) is 15.8. The number of carbonyl (C=O) groups excluding carboxylic acids is 2. The molecule has 33 heavy (non-hydrogen) atoms. The number of methoxy groups -OCH3 is 1. The Balaban J connectivity index is 1.91. The van der Waals surface area contributed by atoms with Gasteiger partial charge in [0, 0.05) is 11.9 Å². The fraction of sp³-hybridized carbons (Fsp3) is 0.167. The Bertz CT molecular complexity index is 1470. The number of ether oxygens (including phenoxy) is 2. The molecule has 0 saturated heterocycles. The van der Waals surface area contributed by atoms with Gasteiger partial charge in [0.15, 0.2) is 4.80 Å². The Morgan fingerprint density at radius 1 is 1.18 bits per heavy atom. The molecule has 1 aliphatic heterocycles. The number of fused-ring (bicyclic) bond motifs is 1. The van der Waals surface area contributed by atoms with Gasteiger partial charge in [0.25, 0.3) is 5.56 Å². The molecule has 7 nitrogen and oxygen atoms in total. The molecular formula is C24H19ClN2O5S. The smallest absolute Gasteiger partial charge is 0.338 e.